The fourth-order valence-electron chi connectivity index (χ4n) is 4.51. The number of fused-ring (bicyclic) bond motifs is 2. The van der Waals surface area contributed by atoms with Gasteiger partial charge in [-0.05, 0) is 62.6 Å². The maximum Gasteiger partial charge on any atom is 0.225 e. The molecule has 1 amide bonds. The standard InChI is InChI=1S/C19H26F2N2O/c1-11(16-10-15(20)6-7-17(16)21)23(2)19(24)14-8-12-4-3-5-13(9-14)18(12)22/h6-7,10-14,18H,3-5,8-9,22H2,1-2H3. The summed E-state index contributed by atoms with van der Waals surface area (Å²) in [5.41, 5.74) is 6.51. The zero-order chi connectivity index (χ0) is 17.4. The van der Waals surface area contributed by atoms with E-state index in [0.717, 1.165) is 37.8 Å². The summed E-state index contributed by atoms with van der Waals surface area (Å²) in [5, 5.41) is 0. The Labute approximate surface area is 142 Å². The molecule has 3 nitrogen and oxygen atoms in total. The average molecular weight is 336 g/mol. The molecule has 1 aromatic carbocycles. The van der Waals surface area contributed by atoms with Crippen molar-refractivity contribution in [2.45, 2.75) is 51.1 Å². The van der Waals surface area contributed by atoms with Crippen LogP contribution in [0.1, 0.15) is 50.6 Å². The van der Waals surface area contributed by atoms with Crippen LogP contribution in [0.15, 0.2) is 18.2 Å². The number of nitrogens with zero attached hydrogens (tertiary/aromatic N) is 1. The molecular weight excluding hydrogens is 310 g/mol. The van der Waals surface area contributed by atoms with Gasteiger partial charge in [-0.15, -0.1) is 0 Å². The van der Waals surface area contributed by atoms with Crippen molar-refractivity contribution >= 4 is 5.91 Å². The van der Waals surface area contributed by atoms with Crippen molar-refractivity contribution in [3.8, 4) is 0 Å². The first-order chi connectivity index (χ1) is 11.4. The van der Waals surface area contributed by atoms with Crippen LogP contribution in [0.2, 0.25) is 0 Å². The minimum atomic E-state index is -0.497. The minimum absolute atomic E-state index is 0.0231. The lowest BCUT2D eigenvalue weighted by molar-refractivity contribution is -0.139. The van der Waals surface area contributed by atoms with Crippen LogP contribution < -0.4 is 5.73 Å². The third-order valence-corrected chi connectivity index (χ3v) is 6.10. The molecule has 132 valence electrons. The largest absolute Gasteiger partial charge is 0.339 e. The number of amides is 1. The number of benzene rings is 1. The molecule has 5 heteroatoms. The van der Waals surface area contributed by atoms with Gasteiger partial charge in [0.15, 0.2) is 0 Å². The van der Waals surface area contributed by atoms with Gasteiger partial charge < -0.3 is 10.6 Å². The summed E-state index contributed by atoms with van der Waals surface area (Å²) in [5.74, 6) is -0.162. The molecule has 3 unspecified atom stereocenters. The SMILES string of the molecule is CC(c1cc(F)ccc1F)N(C)C(=O)C1CC2CCCC(C1)C2N. The first-order valence-corrected chi connectivity index (χ1v) is 8.85. The molecule has 2 bridgehead atoms. The summed E-state index contributed by atoms with van der Waals surface area (Å²) >= 11 is 0. The first-order valence-electron chi connectivity index (χ1n) is 8.85. The molecule has 0 aliphatic heterocycles. The molecule has 2 aliphatic rings. The number of carbonyl (C=O) groups is 1. The van der Waals surface area contributed by atoms with E-state index in [1.54, 1.807) is 18.9 Å². The Morgan fingerprint density at radius 1 is 1.25 bits per heavy atom. The van der Waals surface area contributed by atoms with E-state index in [1.165, 1.54) is 12.5 Å². The van der Waals surface area contributed by atoms with Gasteiger partial charge in [-0.1, -0.05) is 6.42 Å². The Morgan fingerprint density at radius 2 is 1.88 bits per heavy atom. The van der Waals surface area contributed by atoms with Crippen LogP contribution >= 0.6 is 0 Å². The van der Waals surface area contributed by atoms with Gasteiger partial charge in [-0.2, -0.15) is 0 Å². The van der Waals surface area contributed by atoms with Gasteiger partial charge in [-0.25, -0.2) is 8.78 Å². The molecule has 2 saturated carbocycles. The lowest BCUT2D eigenvalue weighted by Crippen LogP contribution is -2.49. The lowest BCUT2D eigenvalue weighted by atomic mass is 9.65. The van der Waals surface area contributed by atoms with E-state index in [2.05, 4.69) is 0 Å². The summed E-state index contributed by atoms with van der Waals surface area (Å²) in [4.78, 5) is 14.5. The second-order valence-electron chi connectivity index (χ2n) is 7.49. The molecule has 1 aromatic rings. The van der Waals surface area contributed by atoms with Gasteiger partial charge in [-0.3, -0.25) is 4.79 Å². The van der Waals surface area contributed by atoms with E-state index in [4.69, 9.17) is 5.73 Å². The van der Waals surface area contributed by atoms with Crippen molar-refractivity contribution < 1.29 is 13.6 Å². The van der Waals surface area contributed by atoms with E-state index in [1.807, 2.05) is 0 Å². The Bertz CT molecular complexity index is 607. The van der Waals surface area contributed by atoms with Crippen molar-refractivity contribution in [1.82, 2.24) is 4.90 Å². The molecule has 2 N–H and O–H groups in total. The van der Waals surface area contributed by atoms with Gasteiger partial charge >= 0.3 is 0 Å². The maximum atomic E-state index is 14.0. The smallest absolute Gasteiger partial charge is 0.225 e. The molecule has 0 radical (unpaired) electrons. The molecule has 24 heavy (non-hydrogen) atoms. The average Bonchev–Trinajstić information content (AvgIpc) is 2.55. The Hall–Kier alpha value is -1.49. The minimum Gasteiger partial charge on any atom is -0.339 e. The van der Waals surface area contributed by atoms with Gasteiger partial charge in [0.25, 0.3) is 0 Å². The molecule has 3 rings (SSSR count). The third-order valence-electron chi connectivity index (χ3n) is 6.10. The predicted octanol–water partition coefficient (Wildman–Crippen LogP) is 3.64. The van der Waals surface area contributed by atoms with E-state index >= 15 is 0 Å². The molecule has 2 fully saturated rings. The molecular formula is C19H26F2N2O. The van der Waals surface area contributed by atoms with Crippen LogP contribution in [-0.4, -0.2) is 23.9 Å². The second-order valence-corrected chi connectivity index (χ2v) is 7.49. The molecule has 0 heterocycles. The van der Waals surface area contributed by atoms with Crippen molar-refractivity contribution in [3.63, 3.8) is 0 Å². The van der Waals surface area contributed by atoms with Crippen LogP contribution in [-0.2, 0) is 4.79 Å². The highest BCUT2D eigenvalue weighted by atomic mass is 19.1. The lowest BCUT2D eigenvalue weighted by Gasteiger charge is -2.44. The summed E-state index contributed by atoms with van der Waals surface area (Å²) in [6.07, 6.45) is 5.03. The number of halogens is 2. The van der Waals surface area contributed by atoms with Crippen LogP contribution in [0.5, 0.6) is 0 Å². The van der Waals surface area contributed by atoms with Crippen molar-refractivity contribution in [2.75, 3.05) is 7.05 Å². The molecule has 0 spiro atoms. The zero-order valence-electron chi connectivity index (χ0n) is 14.3. The summed E-state index contributed by atoms with van der Waals surface area (Å²) < 4.78 is 27.4. The van der Waals surface area contributed by atoms with E-state index < -0.39 is 17.7 Å². The van der Waals surface area contributed by atoms with E-state index in [0.29, 0.717) is 11.8 Å². The Morgan fingerprint density at radius 3 is 2.50 bits per heavy atom. The third kappa shape index (κ3) is 3.18. The van der Waals surface area contributed by atoms with Gasteiger partial charge in [0.2, 0.25) is 5.91 Å². The molecule has 3 atom stereocenters. The number of hydrogen-bond acceptors (Lipinski definition) is 2. The van der Waals surface area contributed by atoms with Crippen LogP contribution in [0, 0.1) is 29.4 Å². The number of carbonyl (C=O) groups excluding carboxylic acids is 1. The summed E-state index contributed by atoms with van der Waals surface area (Å²) in [6.45, 7) is 1.74. The maximum absolute atomic E-state index is 14.0. The number of rotatable bonds is 3. The normalized spacial score (nSPS) is 30.7. The fraction of sp³-hybridized carbons (Fsp3) is 0.632. The summed E-state index contributed by atoms with van der Waals surface area (Å²) in [7, 11) is 1.68. The van der Waals surface area contributed by atoms with Crippen LogP contribution in [0.4, 0.5) is 8.78 Å². The highest BCUT2D eigenvalue weighted by molar-refractivity contribution is 5.79. The molecule has 0 saturated heterocycles. The van der Waals surface area contributed by atoms with Crippen LogP contribution in [0.25, 0.3) is 0 Å². The first kappa shape index (κ1) is 17.3. The van der Waals surface area contributed by atoms with Gasteiger partial charge in [0, 0.05) is 24.6 Å². The Balaban J connectivity index is 1.73. The van der Waals surface area contributed by atoms with Crippen molar-refractivity contribution in [1.29, 1.82) is 0 Å². The van der Waals surface area contributed by atoms with E-state index in [9.17, 15) is 13.6 Å². The highest BCUT2D eigenvalue weighted by Crippen LogP contribution is 2.42. The highest BCUT2D eigenvalue weighted by Gasteiger charge is 2.41. The molecule has 0 aromatic heterocycles. The topological polar surface area (TPSA) is 46.3 Å². The monoisotopic (exact) mass is 336 g/mol. The molecule has 2 aliphatic carbocycles. The number of nitrogens with two attached hydrogens (primary N) is 1. The van der Waals surface area contributed by atoms with Crippen molar-refractivity contribution in [3.05, 3.63) is 35.4 Å². The quantitative estimate of drug-likeness (QED) is 0.916. The number of hydrogen-bond donors (Lipinski definition) is 1. The fourth-order valence-corrected chi connectivity index (χ4v) is 4.51. The van der Waals surface area contributed by atoms with Crippen LogP contribution in [0.3, 0.4) is 0 Å². The van der Waals surface area contributed by atoms with Gasteiger partial charge in [0.1, 0.15) is 11.6 Å². The second kappa shape index (κ2) is 6.79. The summed E-state index contributed by atoms with van der Waals surface area (Å²) in [6, 6.07) is 3.10. The van der Waals surface area contributed by atoms with Gasteiger partial charge in [0.05, 0.1) is 6.04 Å². The predicted molar refractivity (Wildman–Crippen MR) is 89.1 cm³/mol. The van der Waals surface area contributed by atoms with E-state index in [-0.39, 0.29) is 23.4 Å². The van der Waals surface area contributed by atoms with Crippen molar-refractivity contribution in [2.24, 2.45) is 23.5 Å². The Kier molecular flexibility index (Phi) is 4.90. The zero-order valence-corrected chi connectivity index (χ0v) is 14.3.